The second-order valence-electron chi connectivity index (χ2n) is 4.14. The molecule has 2 aromatic rings. The molecule has 2 aromatic carbocycles. The summed E-state index contributed by atoms with van der Waals surface area (Å²) in [6.45, 7) is 0. The predicted molar refractivity (Wildman–Crippen MR) is 77.8 cm³/mol. The lowest BCUT2D eigenvalue weighted by atomic mass is 10.2. The van der Waals surface area contributed by atoms with Crippen LogP contribution in [0.3, 0.4) is 0 Å². The highest BCUT2D eigenvalue weighted by atomic mass is 16.5. The first-order chi connectivity index (χ1) is 10.1. The molecule has 0 fully saturated rings. The summed E-state index contributed by atoms with van der Waals surface area (Å²) in [6, 6.07) is 10.8. The summed E-state index contributed by atoms with van der Waals surface area (Å²) < 4.78 is 5.08. The van der Waals surface area contributed by atoms with Gasteiger partial charge in [-0.2, -0.15) is 5.10 Å². The molecule has 0 atom stereocenters. The van der Waals surface area contributed by atoms with Crippen LogP contribution in [0.5, 0.6) is 17.2 Å². The molecule has 1 amide bonds. The third kappa shape index (κ3) is 3.50. The number of aromatic hydroxyl groups is 2. The van der Waals surface area contributed by atoms with Crippen LogP contribution in [-0.4, -0.2) is 29.4 Å². The number of para-hydroxylation sites is 1. The van der Waals surface area contributed by atoms with E-state index in [0.717, 1.165) is 0 Å². The molecule has 0 spiro atoms. The molecule has 0 bridgehead atoms. The molecular weight excluding hydrogens is 272 g/mol. The number of methoxy groups -OCH3 is 1. The quantitative estimate of drug-likeness (QED) is 0.591. The Kier molecular flexibility index (Phi) is 4.40. The summed E-state index contributed by atoms with van der Waals surface area (Å²) >= 11 is 0. The Bertz CT molecular complexity index is 683. The van der Waals surface area contributed by atoms with Gasteiger partial charge in [-0.05, 0) is 24.3 Å². The molecule has 0 aliphatic heterocycles. The fourth-order valence-corrected chi connectivity index (χ4v) is 1.69. The maximum atomic E-state index is 11.9. The lowest BCUT2D eigenvalue weighted by molar-refractivity contribution is 0.0952. The highest BCUT2D eigenvalue weighted by Crippen LogP contribution is 2.21. The first kappa shape index (κ1) is 14.4. The highest BCUT2D eigenvalue weighted by molar-refractivity contribution is 5.97. The molecule has 3 N–H and O–H groups in total. The monoisotopic (exact) mass is 286 g/mol. The maximum Gasteiger partial charge on any atom is 0.275 e. The summed E-state index contributed by atoms with van der Waals surface area (Å²) in [5, 5.41) is 22.5. The summed E-state index contributed by atoms with van der Waals surface area (Å²) in [7, 11) is 1.48. The van der Waals surface area contributed by atoms with Crippen LogP contribution < -0.4 is 10.2 Å². The van der Waals surface area contributed by atoms with Crippen LogP contribution in [0, 0.1) is 0 Å². The lowest BCUT2D eigenvalue weighted by Crippen LogP contribution is -2.18. The van der Waals surface area contributed by atoms with Gasteiger partial charge in [0.1, 0.15) is 17.2 Å². The van der Waals surface area contributed by atoms with Gasteiger partial charge in [0.15, 0.2) is 0 Å². The van der Waals surface area contributed by atoms with Crippen molar-refractivity contribution in [1.29, 1.82) is 0 Å². The molecule has 6 heteroatoms. The van der Waals surface area contributed by atoms with Crippen LogP contribution >= 0.6 is 0 Å². The third-order valence-corrected chi connectivity index (χ3v) is 2.74. The van der Waals surface area contributed by atoms with E-state index in [1.54, 1.807) is 24.3 Å². The topological polar surface area (TPSA) is 91.2 Å². The van der Waals surface area contributed by atoms with E-state index in [4.69, 9.17) is 9.84 Å². The van der Waals surface area contributed by atoms with Gasteiger partial charge in [0.25, 0.3) is 5.91 Å². The molecule has 0 unspecified atom stereocenters. The minimum absolute atomic E-state index is 0.0530. The van der Waals surface area contributed by atoms with Gasteiger partial charge >= 0.3 is 0 Å². The number of nitrogens with zero attached hydrogens (tertiary/aromatic N) is 1. The number of carbonyl (C=O) groups is 1. The van der Waals surface area contributed by atoms with E-state index in [9.17, 15) is 9.90 Å². The Morgan fingerprint density at radius 3 is 2.71 bits per heavy atom. The van der Waals surface area contributed by atoms with Gasteiger partial charge in [0.2, 0.25) is 0 Å². The molecular formula is C15H14N2O4. The SMILES string of the molecule is COc1ccccc1C(=O)N/N=C/c1ccc(O)cc1O. The Balaban J connectivity index is 2.08. The summed E-state index contributed by atoms with van der Waals surface area (Å²) in [6.07, 6.45) is 1.28. The average Bonchev–Trinajstić information content (AvgIpc) is 2.49. The Labute approximate surface area is 121 Å². The van der Waals surface area contributed by atoms with E-state index in [-0.39, 0.29) is 11.5 Å². The van der Waals surface area contributed by atoms with Crippen LogP contribution in [0.1, 0.15) is 15.9 Å². The molecule has 21 heavy (non-hydrogen) atoms. The maximum absolute atomic E-state index is 11.9. The molecule has 0 saturated heterocycles. The molecule has 2 rings (SSSR count). The number of benzene rings is 2. The fourth-order valence-electron chi connectivity index (χ4n) is 1.69. The third-order valence-electron chi connectivity index (χ3n) is 2.74. The van der Waals surface area contributed by atoms with Crippen molar-refractivity contribution >= 4 is 12.1 Å². The van der Waals surface area contributed by atoms with Gasteiger partial charge in [-0.1, -0.05) is 12.1 Å². The number of hydrogen-bond donors (Lipinski definition) is 3. The van der Waals surface area contributed by atoms with E-state index < -0.39 is 5.91 Å². The Morgan fingerprint density at radius 2 is 2.00 bits per heavy atom. The van der Waals surface area contributed by atoms with Crippen molar-refractivity contribution < 1.29 is 19.7 Å². The molecule has 0 aromatic heterocycles. The molecule has 0 aliphatic carbocycles. The van der Waals surface area contributed by atoms with Crippen molar-refractivity contribution in [3.8, 4) is 17.2 Å². The summed E-state index contributed by atoms with van der Waals surface area (Å²) in [5.41, 5.74) is 3.06. The van der Waals surface area contributed by atoms with Gasteiger partial charge in [-0.3, -0.25) is 4.79 Å². The first-order valence-corrected chi connectivity index (χ1v) is 6.10. The number of phenols is 2. The van der Waals surface area contributed by atoms with Crippen molar-refractivity contribution in [2.24, 2.45) is 5.10 Å². The van der Waals surface area contributed by atoms with Crippen molar-refractivity contribution in [3.63, 3.8) is 0 Å². The Hall–Kier alpha value is -3.02. The smallest absolute Gasteiger partial charge is 0.275 e. The van der Waals surface area contributed by atoms with Crippen LogP contribution in [0.4, 0.5) is 0 Å². The molecule has 108 valence electrons. The van der Waals surface area contributed by atoms with Crippen molar-refractivity contribution in [2.75, 3.05) is 7.11 Å². The van der Waals surface area contributed by atoms with E-state index in [1.807, 2.05) is 0 Å². The molecule has 6 nitrogen and oxygen atoms in total. The standard InChI is InChI=1S/C15H14N2O4/c1-21-14-5-3-2-4-12(14)15(20)17-16-9-10-6-7-11(18)8-13(10)19/h2-9,18-19H,1H3,(H,17,20)/b16-9+. The number of carbonyl (C=O) groups excluding carboxylic acids is 1. The van der Waals surface area contributed by atoms with Crippen LogP contribution in [0.25, 0.3) is 0 Å². The van der Waals surface area contributed by atoms with E-state index in [1.165, 1.54) is 31.5 Å². The first-order valence-electron chi connectivity index (χ1n) is 6.10. The largest absolute Gasteiger partial charge is 0.508 e. The normalized spacial score (nSPS) is 10.5. The van der Waals surface area contributed by atoms with Crippen LogP contribution in [-0.2, 0) is 0 Å². The second kappa shape index (κ2) is 6.42. The number of nitrogens with one attached hydrogen (secondary N) is 1. The number of rotatable bonds is 4. The number of amides is 1. The van der Waals surface area contributed by atoms with E-state index >= 15 is 0 Å². The van der Waals surface area contributed by atoms with Gasteiger partial charge in [0.05, 0.1) is 18.9 Å². The number of hydrazone groups is 1. The minimum atomic E-state index is -0.429. The zero-order valence-electron chi connectivity index (χ0n) is 11.3. The number of ether oxygens (including phenoxy) is 1. The zero-order chi connectivity index (χ0) is 15.2. The van der Waals surface area contributed by atoms with E-state index in [2.05, 4.69) is 10.5 Å². The van der Waals surface area contributed by atoms with Crippen molar-refractivity contribution in [2.45, 2.75) is 0 Å². The molecule has 0 radical (unpaired) electrons. The minimum Gasteiger partial charge on any atom is -0.508 e. The van der Waals surface area contributed by atoms with Crippen LogP contribution in [0.15, 0.2) is 47.6 Å². The summed E-state index contributed by atoms with van der Waals surface area (Å²) in [5.74, 6) is -0.173. The van der Waals surface area contributed by atoms with Crippen molar-refractivity contribution in [1.82, 2.24) is 5.43 Å². The van der Waals surface area contributed by atoms with Gasteiger partial charge in [0, 0.05) is 11.6 Å². The molecule has 0 saturated carbocycles. The van der Waals surface area contributed by atoms with Crippen molar-refractivity contribution in [3.05, 3.63) is 53.6 Å². The number of phenolic OH excluding ortho intramolecular Hbond substituents is 2. The van der Waals surface area contributed by atoms with E-state index in [0.29, 0.717) is 16.9 Å². The fraction of sp³-hybridized carbons (Fsp3) is 0.0667. The number of hydrogen-bond acceptors (Lipinski definition) is 5. The Morgan fingerprint density at radius 1 is 1.24 bits per heavy atom. The predicted octanol–water partition coefficient (Wildman–Crippen LogP) is 1.87. The summed E-state index contributed by atoms with van der Waals surface area (Å²) in [4.78, 5) is 11.9. The highest BCUT2D eigenvalue weighted by Gasteiger charge is 2.10. The zero-order valence-corrected chi connectivity index (χ0v) is 11.3. The average molecular weight is 286 g/mol. The van der Waals surface area contributed by atoms with Gasteiger partial charge < -0.3 is 14.9 Å². The van der Waals surface area contributed by atoms with Crippen LogP contribution in [0.2, 0.25) is 0 Å². The van der Waals surface area contributed by atoms with Gasteiger partial charge in [-0.25, -0.2) is 5.43 Å². The molecule has 0 heterocycles. The lowest BCUT2D eigenvalue weighted by Gasteiger charge is -2.06. The molecule has 0 aliphatic rings. The van der Waals surface area contributed by atoms with Gasteiger partial charge in [-0.15, -0.1) is 0 Å². The second-order valence-corrected chi connectivity index (χ2v) is 4.14.